The SMILES string of the molecule is COC(=O)O[C@H](C(=O)c1ccccc1)[C@@H](NS(=O)(=O)c1ccc(C)cc1)c1cn(C(=O)C(C)(C)C)c2ccccc12. The molecule has 214 valence electrons. The summed E-state index contributed by atoms with van der Waals surface area (Å²) >= 11 is 0. The van der Waals surface area contributed by atoms with Gasteiger partial charge in [0.1, 0.15) is 0 Å². The smallest absolute Gasteiger partial charge is 0.438 e. The molecular formula is C31H32N2O7S. The third kappa shape index (κ3) is 6.39. The zero-order chi connectivity index (χ0) is 29.9. The molecule has 0 spiro atoms. The number of ketones is 1. The van der Waals surface area contributed by atoms with Crippen LogP contribution < -0.4 is 4.72 Å². The van der Waals surface area contributed by atoms with Gasteiger partial charge in [0.05, 0.1) is 23.6 Å². The number of ether oxygens (including phenoxy) is 2. The number of carbonyl (C=O) groups excluding carboxylic acids is 3. The van der Waals surface area contributed by atoms with E-state index in [0.717, 1.165) is 12.7 Å². The maximum Gasteiger partial charge on any atom is 0.508 e. The third-order valence-electron chi connectivity index (χ3n) is 6.56. The highest BCUT2D eigenvalue weighted by molar-refractivity contribution is 7.89. The van der Waals surface area contributed by atoms with Crippen molar-refractivity contribution < 1.29 is 32.3 Å². The lowest BCUT2D eigenvalue weighted by Gasteiger charge is -2.26. The molecule has 0 aliphatic carbocycles. The van der Waals surface area contributed by atoms with Crippen molar-refractivity contribution in [1.29, 1.82) is 0 Å². The topological polar surface area (TPSA) is 121 Å². The summed E-state index contributed by atoms with van der Waals surface area (Å²) in [5, 5.41) is 0.501. The van der Waals surface area contributed by atoms with Gasteiger partial charge >= 0.3 is 6.16 Å². The largest absolute Gasteiger partial charge is 0.508 e. The van der Waals surface area contributed by atoms with Gasteiger partial charge < -0.3 is 9.47 Å². The number of fused-ring (bicyclic) bond motifs is 1. The fourth-order valence-corrected chi connectivity index (χ4v) is 5.63. The van der Waals surface area contributed by atoms with Gasteiger partial charge in [-0.3, -0.25) is 14.2 Å². The Hall–Kier alpha value is -4.28. The van der Waals surface area contributed by atoms with Crippen LogP contribution in [-0.2, 0) is 19.5 Å². The van der Waals surface area contributed by atoms with E-state index in [1.54, 1.807) is 75.4 Å². The summed E-state index contributed by atoms with van der Waals surface area (Å²) in [5.74, 6) is -0.911. The number of para-hydroxylation sites is 1. The maximum absolute atomic E-state index is 13.9. The van der Waals surface area contributed by atoms with Crippen LogP contribution in [0.15, 0.2) is 90.0 Å². The lowest BCUT2D eigenvalue weighted by Crippen LogP contribution is -2.43. The van der Waals surface area contributed by atoms with Crippen molar-refractivity contribution in [1.82, 2.24) is 9.29 Å². The predicted octanol–water partition coefficient (Wildman–Crippen LogP) is 5.69. The molecular weight excluding hydrogens is 544 g/mol. The van der Waals surface area contributed by atoms with Crippen LogP contribution in [0, 0.1) is 12.3 Å². The number of aryl methyl sites for hydroxylation is 1. The zero-order valence-electron chi connectivity index (χ0n) is 23.5. The summed E-state index contributed by atoms with van der Waals surface area (Å²) in [7, 11) is -3.18. The number of nitrogens with zero attached hydrogens (tertiary/aromatic N) is 1. The Bertz CT molecular complexity index is 1690. The molecule has 0 fully saturated rings. The lowest BCUT2D eigenvalue weighted by molar-refractivity contribution is 0.0238. The van der Waals surface area contributed by atoms with Crippen LogP contribution >= 0.6 is 0 Å². The second-order valence-corrected chi connectivity index (χ2v) is 12.4. The molecule has 0 radical (unpaired) electrons. The first-order valence-electron chi connectivity index (χ1n) is 12.9. The second-order valence-electron chi connectivity index (χ2n) is 10.7. The summed E-state index contributed by atoms with van der Waals surface area (Å²) < 4.78 is 41.7. The second kappa shape index (κ2) is 11.7. The van der Waals surface area contributed by atoms with Crippen molar-refractivity contribution in [2.45, 2.75) is 44.7 Å². The van der Waals surface area contributed by atoms with E-state index in [0.29, 0.717) is 10.9 Å². The third-order valence-corrected chi connectivity index (χ3v) is 8.02. The van der Waals surface area contributed by atoms with Crippen LogP contribution in [0.4, 0.5) is 4.79 Å². The Labute approximate surface area is 239 Å². The van der Waals surface area contributed by atoms with Crippen LogP contribution in [-0.4, -0.2) is 44.0 Å². The molecule has 1 N–H and O–H groups in total. The number of carbonyl (C=O) groups is 3. The molecule has 4 rings (SSSR count). The number of hydrogen-bond acceptors (Lipinski definition) is 7. The van der Waals surface area contributed by atoms with Crippen LogP contribution in [0.5, 0.6) is 0 Å². The molecule has 2 atom stereocenters. The van der Waals surface area contributed by atoms with Gasteiger partial charge in [0, 0.05) is 28.1 Å². The molecule has 0 aliphatic rings. The fourth-order valence-electron chi connectivity index (χ4n) is 4.42. The summed E-state index contributed by atoms with van der Waals surface area (Å²) in [4.78, 5) is 39.7. The van der Waals surface area contributed by atoms with Gasteiger partial charge in [-0.15, -0.1) is 0 Å². The normalized spacial score (nSPS) is 13.4. The van der Waals surface area contributed by atoms with E-state index in [-0.39, 0.29) is 21.9 Å². The van der Waals surface area contributed by atoms with Crippen molar-refractivity contribution in [3.8, 4) is 0 Å². The highest BCUT2D eigenvalue weighted by Gasteiger charge is 2.39. The zero-order valence-corrected chi connectivity index (χ0v) is 24.3. The molecule has 9 nitrogen and oxygen atoms in total. The summed E-state index contributed by atoms with van der Waals surface area (Å²) in [6.07, 6.45) is -1.37. The quantitative estimate of drug-likeness (QED) is 0.211. The molecule has 3 aromatic carbocycles. The number of hydrogen-bond donors (Lipinski definition) is 1. The number of sulfonamides is 1. The van der Waals surface area contributed by atoms with E-state index in [4.69, 9.17) is 9.47 Å². The Kier molecular flexibility index (Phi) is 8.46. The van der Waals surface area contributed by atoms with Gasteiger partial charge in [-0.1, -0.05) is 87.0 Å². The number of nitrogens with one attached hydrogen (secondary N) is 1. The minimum Gasteiger partial charge on any atom is -0.438 e. The summed E-state index contributed by atoms with van der Waals surface area (Å²) in [6.45, 7) is 7.13. The summed E-state index contributed by atoms with van der Waals surface area (Å²) in [6, 6.07) is 19.7. The van der Waals surface area contributed by atoms with E-state index in [9.17, 15) is 22.8 Å². The van der Waals surface area contributed by atoms with Crippen molar-refractivity contribution in [3.63, 3.8) is 0 Å². The summed E-state index contributed by atoms with van der Waals surface area (Å²) in [5.41, 5.74) is 1.04. The molecule has 0 bridgehead atoms. The lowest BCUT2D eigenvalue weighted by atomic mass is 9.95. The van der Waals surface area contributed by atoms with E-state index in [2.05, 4.69) is 4.72 Å². The van der Waals surface area contributed by atoms with Crippen LogP contribution in [0.25, 0.3) is 10.9 Å². The Morgan fingerprint density at radius 2 is 1.49 bits per heavy atom. The number of aromatic nitrogens is 1. The minimum absolute atomic E-state index is 0.0495. The highest BCUT2D eigenvalue weighted by Crippen LogP contribution is 2.34. The average Bonchev–Trinajstić information content (AvgIpc) is 3.33. The van der Waals surface area contributed by atoms with Crippen molar-refractivity contribution >= 4 is 38.8 Å². The molecule has 0 amide bonds. The molecule has 0 saturated heterocycles. The Balaban J connectivity index is 1.97. The number of Topliss-reactive ketones (excluding diaryl/α,β-unsaturated/α-hetero) is 1. The molecule has 0 saturated carbocycles. The molecule has 1 aromatic heterocycles. The monoisotopic (exact) mass is 576 g/mol. The molecule has 4 aromatic rings. The highest BCUT2D eigenvalue weighted by atomic mass is 32.2. The molecule has 0 unspecified atom stereocenters. The van der Waals surface area contributed by atoms with Gasteiger partial charge in [0.25, 0.3) is 0 Å². The number of rotatable bonds is 8. The predicted molar refractivity (Wildman–Crippen MR) is 154 cm³/mol. The first kappa shape index (κ1) is 29.7. The van der Waals surface area contributed by atoms with Gasteiger partial charge in [0.2, 0.25) is 21.7 Å². The van der Waals surface area contributed by atoms with Gasteiger partial charge in [-0.25, -0.2) is 13.2 Å². The minimum atomic E-state index is -4.26. The maximum atomic E-state index is 13.9. The van der Waals surface area contributed by atoms with Crippen LogP contribution in [0.1, 0.15) is 53.1 Å². The van der Waals surface area contributed by atoms with Gasteiger partial charge in [-0.05, 0) is 25.1 Å². The number of methoxy groups -OCH3 is 1. The van der Waals surface area contributed by atoms with Crippen LogP contribution in [0.2, 0.25) is 0 Å². The van der Waals surface area contributed by atoms with Crippen molar-refractivity contribution in [3.05, 3.63) is 102 Å². The van der Waals surface area contributed by atoms with E-state index < -0.39 is 39.5 Å². The Morgan fingerprint density at radius 3 is 2.10 bits per heavy atom. The van der Waals surface area contributed by atoms with Gasteiger partial charge in [0.15, 0.2) is 6.10 Å². The van der Waals surface area contributed by atoms with E-state index in [1.807, 2.05) is 6.92 Å². The first-order valence-corrected chi connectivity index (χ1v) is 14.4. The van der Waals surface area contributed by atoms with Crippen molar-refractivity contribution in [2.24, 2.45) is 5.41 Å². The van der Waals surface area contributed by atoms with Crippen molar-refractivity contribution in [2.75, 3.05) is 7.11 Å². The van der Waals surface area contributed by atoms with E-state index in [1.165, 1.54) is 35.0 Å². The molecule has 1 heterocycles. The number of benzene rings is 3. The molecule has 10 heteroatoms. The first-order chi connectivity index (χ1) is 19.3. The van der Waals surface area contributed by atoms with Gasteiger partial charge in [-0.2, -0.15) is 4.72 Å². The average molecular weight is 577 g/mol. The van der Waals surface area contributed by atoms with Crippen LogP contribution in [0.3, 0.4) is 0 Å². The Morgan fingerprint density at radius 1 is 0.878 bits per heavy atom. The molecule has 41 heavy (non-hydrogen) atoms. The fraction of sp³-hybridized carbons (Fsp3) is 0.258. The standard InChI is InChI=1S/C31H32N2O7S/c1-20-15-17-22(18-16-20)41(37,38)32-26(28(40-30(36)39-5)27(34)21-11-7-6-8-12-21)24-19-33(29(35)31(2,3)4)25-14-10-9-13-23(24)25/h6-19,26,28,32H,1-5H3/t26-,28-/m0/s1. The molecule has 0 aliphatic heterocycles. The van der Waals surface area contributed by atoms with E-state index >= 15 is 0 Å².